The summed E-state index contributed by atoms with van der Waals surface area (Å²) in [5.74, 6) is 0.535. The van der Waals surface area contributed by atoms with E-state index in [1.165, 1.54) is 148 Å². The topological polar surface area (TPSA) is 63.3 Å². The fourth-order valence-electron chi connectivity index (χ4n) is 5.10. The number of aliphatic hydroxyl groups excluding tert-OH is 1. The number of hydrogen-bond acceptors (Lipinski definition) is 2. The third kappa shape index (κ3) is 41.6. The number of carbonyl (C=O) groups excluding carboxylic acids is 1. The fourth-order valence-corrected chi connectivity index (χ4v) is 5.10. The van der Waals surface area contributed by atoms with Crippen LogP contribution in [0.5, 0.6) is 0 Å². The van der Waals surface area contributed by atoms with Crippen molar-refractivity contribution in [2.45, 2.75) is 214 Å². The normalized spacial score (nSPS) is 12.2. The highest BCUT2D eigenvalue weighted by Gasteiger charge is 2.01. The Morgan fingerprint density at radius 2 is 0.925 bits per heavy atom. The highest BCUT2D eigenvalue weighted by atomic mass is 16.3. The number of aliphatic hydroxyl groups is 1. The maximum Gasteiger partial charge on any atom is 0.217 e. The van der Waals surface area contributed by atoms with Crippen LogP contribution in [0.4, 0.5) is 0 Å². The summed E-state index contributed by atoms with van der Waals surface area (Å²) in [5, 5.41) is 9.79. The molecule has 1 atom stereocenters. The lowest BCUT2D eigenvalue weighted by molar-refractivity contribution is -0.118. The largest absolute Gasteiger partial charge is 0.389 e. The molecule has 0 radical (unpaired) electrons. The van der Waals surface area contributed by atoms with E-state index in [4.69, 9.17) is 5.73 Å². The lowest BCUT2D eigenvalue weighted by Gasteiger charge is -2.07. The summed E-state index contributed by atoms with van der Waals surface area (Å²) in [6.45, 7) is 8.97. The summed E-state index contributed by atoms with van der Waals surface area (Å²) >= 11 is 0. The van der Waals surface area contributed by atoms with Gasteiger partial charge in [-0.3, -0.25) is 4.79 Å². The first kappa shape index (κ1) is 41.3. The van der Waals surface area contributed by atoms with Crippen LogP contribution in [0, 0.1) is 5.92 Å². The monoisotopic (exact) mass is 566 g/mol. The third-order valence-corrected chi connectivity index (χ3v) is 7.90. The summed E-state index contributed by atoms with van der Waals surface area (Å²) in [5.41, 5.74) is 5.09. The highest BCUT2D eigenvalue weighted by Crippen LogP contribution is 2.14. The van der Waals surface area contributed by atoms with Crippen molar-refractivity contribution in [2.75, 3.05) is 0 Å². The Balaban J connectivity index is 0. The molecule has 0 aliphatic heterocycles. The SMILES string of the molecule is CCCCCCCCCCCCC/C=C/C(O)CCC(C)C.CCCCCCCCCCCCCCCC(N)=O. The number of unbranched alkanes of at least 4 members (excludes halogenated alkanes) is 23. The Bertz CT molecular complexity index is 502. The minimum Gasteiger partial charge on any atom is -0.389 e. The van der Waals surface area contributed by atoms with E-state index < -0.39 is 0 Å². The first-order valence-corrected chi connectivity index (χ1v) is 18.1. The summed E-state index contributed by atoms with van der Waals surface area (Å²) < 4.78 is 0. The summed E-state index contributed by atoms with van der Waals surface area (Å²) in [6.07, 6.45) is 40.4. The van der Waals surface area contributed by atoms with Crippen LogP contribution in [-0.2, 0) is 4.79 Å². The van der Waals surface area contributed by atoms with Crippen molar-refractivity contribution in [3.8, 4) is 0 Å². The number of allylic oxidation sites excluding steroid dienone is 1. The zero-order valence-electron chi connectivity index (χ0n) is 28.0. The molecule has 3 nitrogen and oxygen atoms in total. The molecular formula is C37H75NO2. The van der Waals surface area contributed by atoms with Gasteiger partial charge in [0.05, 0.1) is 6.10 Å². The van der Waals surface area contributed by atoms with Gasteiger partial charge in [0.2, 0.25) is 5.91 Å². The molecule has 0 spiro atoms. The van der Waals surface area contributed by atoms with Crippen molar-refractivity contribution in [2.24, 2.45) is 11.7 Å². The van der Waals surface area contributed by atoms with Crippen molar-refractivity contribution in [3.63, 3.8) is 0 Å². The van der Waals surface area contributed by atoms with Crippen LogP contribution in [-0.4, -0.2) is 17.1 Å². The number of rotatable bonds is 30. The Morgan fingerprint density at radius 3 is 1.27 bits per heavy atom. The maximum absolute atomic E-state index is 10.5. The molecule has 0 fully saturated rings. The van der Waals surface area contributed by atoms with E-state index in [2.05, 4.69) is 33.8 Å². The maximum atomic E-state index is 10.5. The molecule has 0 rings (SSSR count). The molecule has 0 aliphatic carbocycles. The lowest BCUT2D eigenvalue weighted by Crippen LogP contribution is -2.09. The van der Waals surface area contributed by atoms with Gasteiger partial charge in [0.25, 0.3) is 0 Å². The second-order valence-electron chi connectivity index (χ2n) is 12.7. The van der Waals surface area contributed by atoms with Gasteiger partial charge in [-0.05, 0) is 38.0 Å². The second-order valence-corrected chi connectivity index (χ2v) is 12.7. The van der Waals surface area contributed by atoms with Gasteiger partial charge in [-0.2, -0.15) is 0 Å². The van der Waals surface area contributed by atoms with Crippen LogP contribution in [0.1, 0.15) is 207 Å². The molecule has 0 saturated carbocycles. The van der Waals surface area contributed by atoms with Crippen LogP contribution in [0.15, 0.2) is 12.2 Å². The summed E-state index contributed by atoms with van der Waals surface area (Å²) in [7, 11) is 0. The standard InChI is InChI=1S/C21H42O.C16H33NO/c1-4-5-6-7-8-9-10-11-12-13-14-15-16-17-21(22)19-18-20(2)3;1-2-3-4-5-6-7-8-9-10-11-12-13-14-15-16(17)18/h16-17,20-22H,4-15,18-19H2,1-3H3;2-15H2,1H3,(H2,17,18)/b17-16+;. The number of amides is 1. The van der Waals surface area contributed by atoms with Crippen molar-refractivity contribution in [1.29, 1.82) is 0 Å². The molecule has 0 aromatic carbocycles. The first-order valence-electron chi connectivity index (χ1n) is 18.1. The zero-order valence-corrected chi connectivity index (χ0v) is 28.0. The van der Waals surface area contributed by atoms with Crippen LogP contribution in [0.2, 0.25) is 0 Å². The van der Waals surface area contributed by atoms with E-state index in [1.54, 1.807) is 0 Å². The van der Waals surface area contributed by atoms with E-state index in [0.717, 1.165) is 25.7 Å². The Kier molecular flexibility index (Phi) is 37.4. The molecule has 3 heteroatoms. The summed E-state index contributed by atoms with van der Waals surface area (Å²) in [6, 6.07) is 0. The smallest absolute Gasteiger partial charge is 0.217 e. The van der Waals surface area contributed by atoms with Gasteiger partial charge in [0.15, 0.2) is 0 Å². The first-order chi connectivity index (χ1) is 19.4. The van der Waals surface area contributed by atoms with Gasteiger partial charge in [0, 0.05) is 6.42 Å². The van der Waals surface area contributed by atoms with E-state index in [0.29, 0.717) is 12.3 Å². The zero-order chi connectivity index (χ0) is 29.9. The van der Waals surface area contributed by atoms with Gasteiger partial charge in [-0.1, -0.05) is 181 Å². The van der Waals surface area contributed by atoms with E-state index in [-0.39, 0.29) is 12.0 Å². The highest BCUT2D eigenvalue weighted by molar-refractivity contribution is 5.73. The van der Waals surface area contributed by atoms with Crippen LogP contribution >= 0.6 is 0 Å². The average Bonchev–Trinajstić information content (AvgIpc) is 2.93. The van der Waals surface area contributed by atoms with Crippen LogP contribution < -0.4 is 5.73 Å². The molecule has 240 valence electrons. The second kappa shape index (κ2) is 36.2. The molecule has 0 aromatic heterocycles. The molecular weight excluding hydrogens is 490 g/mol. The quantitative estimate of drug-likeness (QED) is 0.0672. The van der Waals surface area contributed by atoms with Crippen molar-refractivity contribution >= 4 is 5.91 Å². The number of hydrogen-bond donors (Lipinski definition) is 2. The molecule has 0 aliphatic rings. The molecule has 0 saturated heterocycles. The number of nitrogens with two attached hydrogens (primary N) is 1. The Hall–Kier alpha value is -0.830. The van der Waals surface area contributed by atoms with Crippen molar-refractivity contribution in [3.05, 3.63) is 12.2 Å². The van der Waals surface area contributed by atoms with Crippen molar-refractivity contribution < 1.29 is 9.90 Å². The van der Waals surface area contributed by atoms with Crippen molar-refractivity contribution in [1.82, 2.24) is 0 Å². The Labute approximate surface area is 252 Å². The Morgan fingerprint density at radius 1 is 0.575 bits per heavy atom. The molecule has 0 bridgehead atoms. The van der Waals surface area contributed by atoms with Gasteiger partial charge < -0.3 is 10.8 Å². The molecule has 3 N–H and O–H groups in total. The van der Waals surface area contributed by atoms with E-state index in [9.17, 15) is 9.90 Å². The molecule has 0 aromatic rings. The van der Waals surface area contributed by atoms with E-state index >= 15 is 0 Å². The van der Waals surface area contributed by atoms with Gasteiger partial charge >= 0.3 is 0 Å². The van der Waals surface area contributed by atoms with Gasteiger partial charge in [-0.25, -0.2) is 0 Å². The molecule has 40 heavy (non-hydrogen) atoms. The van der Waals surface area contributed by atoms with Crippen LogP contribution in [0.25, 0.3) is 0 Å². The number of primary amides is 1. The molecule has 1 amide bonds. The van der Waals surface area contributed by atoms with Gasteiger partial charge in [0.1, 0.15) is 0 Å². The average molecular weight is 566 g/mol. The van der Waals surface area contributed by atoms with Gasteiger partial charge in [-0.15, -0.1) is 0 Å². The molecule has 1 unspecified atom stereocenters. The number of carbonyl (C=O) groups is 1. The lowest BCUT2D eigenvalue weighted by atomic mass is 10.0. The predicted molar refractivity (Wildman–Crippen MR) is 180 cm³/mol. The minimum absolute atomic E-state index is 0.155. The predicted octanol–water partition coefficient (Wildman–Crippen LogP) is 12.0. The minimum atomic E-state index is -0.227. The van der Waals surface area contributed by atoms with E-state index in [1.807, 2.05) is 6.08 Å². The van der Waals surface area contributed by atoms with Crippen LogP contribution in [0.3, 0.4) is 0 Å². The summed E-state index contributed by atoms with van der Waals surface area (Å²) in [4.78, 5) is 10.5. The molecule has 0 heterocycles. The fraction of sp³-hybridized carbons (Fsp3) is 0.919. The third-order valence-electron chi connectivity index (χ3n) is 7.90.